The van der Waals surface area contributed by atoms with Crippen LogP contribution in [0.1, 0.15) is 82.3 Å². The number of hydrogen-bond acceptors (Lipinski definition) is 0. The number of hydrogen-bond donors (Lipinski definition) is 0. The molecule has 2 fully saturated rings. The normalized spacial score (nSPS) is 27.4. The van der Waals surface area contributed by atoms with Crippen molar-refractivity contribution in [1.29, 1.82) is 0 Å². The van der Waals surface area contributed by atoms with Crippen LogP contribution in [0.25, 0.3) is 10.8 Å². The standard InChI is InChI=1S/C27H34F2/c1-3-5-6-7-23-16-22-12-13-24(27(29)25(22)17-26(23)28)21-11-10-19-14-18(4-2)8-9-20(19)15-21/h3,5,12-13,16-21H,4,6-11,14-15H2,1-2H3. The van der Waals surface area contributed by atoms with Gasteiger partial charge in [0.05, 0.1) is 0 Å². The molecule has 4 rings (SSSR count). The zero-order valence-corrected chi connectivity index (χ0v) is 17.9. The maximum absolute atomic E-state index is 15.4. The van der Waals surface area contributed by atoms with Crippen LogP contribution in [0.4, 0.5) is 8.78 Å². The molecule has 0 N–H and O–H groups in total. The van der Waals surface area contributed by atoms with Gasteiger partial charge < -0.3 is 0 Å². The molecule has 2 aromatic rings. The largest absolute Gasteiger partial charge is 0.207 e. The Labute approximate surface area is 174 Å². The maximum atomic E-state index is 15.4. The fraction of sp³-hybridized carbons (Fsp3) is 0.556. The predicted octanol–water partition coefficient (Wildman–Crippen LogP) is 8.34. The van der Waals surface area contributed by atoms with Gasteiger partial charge in [0, 0.05) is 5.39 Å². The highest BCUT2D eigenvalue weighted by molar-refractivity contribution is 5.85. The third-order valence-corrected chi connectivity index (χ3v) is 7.71. The molecule has 156 valence electrons. The SMILES string of the molecule is CC=CCCc1cc2ccc(C3CCC4CC(CC)CCC4C3)c(F)c2cc1F. The van der Waals surface area contributed by atoms with Crippen LogP contribution < -0.4 is 0 Å². The van der Waals surface area contributed by atoms with Crippen LogP contribution in [0.2, 0.25) is 0 Å². The Morgan fingerprint density at radius 3 is 2.59 bits per heavy atom. The summed E-state index contributed by atoms with van der Waals surface area (Å²) in [5.74, 6) is 2.31. The van der Waals surface area contributed by atoms with Crippen LogP contribution >= 0.6 is 0 Å². The van der Waals surface area contributed by atoms with Crippen molar-refractivity contribution in [2.45, 2.75) is 77.6 Å². The van der Waals surface area contributed by atoms with E-state index in [9.17, 15) is 4.39 Å². The summed E-state index contributed by atoms with van der Waals surface area (Å²) in [5, 5.41) is 1.27. The Kier molecular flexibility index (Phi) is 6.37. The van der Waals surface area contributed by atoms with Gasteiger partial charge in [0.25, 0.3) is 0 Å². The van der Waals surface area contributed by atoms with Gasteiger partial charge in [-0.05, 0) is 104 Å². The molecular weight excluding hydrogens is 362 g/mol. The van der Waals surface area contributed by atoms with E-state index in [4.69, 9.17) is 0 Å². The van der Waals surface area contributed by atoms with Gasteiger partial charge in [0.15, 0.2) is 0 Å². The summed E-state index contributed by atoms with van der Waals surface area (Å²) in [6.45, 7) is 4.28. The van der Waals surface area contributed by atoms with Gasteiger partial charge in [0.2, 0.25) is 0 Å². The second-order valence-electron chi connectivity index (χ2n) is 9.36. The van der Waals surface area contributed by atoms with Crippen LogP contribution in [0.15, 0.2) is 36.4 Å². The highest BCUT2D eigenvalue weighted by Gasteiger charge is 2.36. The zero-order chi connectivity index (χ0) is 20.4. The third kappa shape index (κ3) is 4.27. The monoisotopic (exact) mass is 396 g/mol. The first kappa shape index (κ1) is 20.6. The van der Waals surface area contributed by atoms with E-state index in [0.717, 1.165) is 48.0 Å². The van der Waals surface area contributed by atoms with E-state index in [0.29, 0.717) is 17.4 Å². The van der Waals surface area contributed by atoms with Gasteiger partial charge in [-0.3, -0.25) is 0 Å². The van der Waals surface area contributed by atoms with Gasteiger partial charge in [-0.1, -0.05) is 44.1 Å². The molecule has 2 aromatic carbocycles. The Morgan fingerprint density at radius 2 is 1.79 bits per heavy atom. The van der Waals surface area contributed by atoms with E-state index in [-0.39, 0.29) is 17.6 Å². The van der Waals surface area contributed by atoms with E-state index in [1.807, 2.05) is 37.3 Å². The lowest BCUT2D eigenvalue weighted by Crippen LogP contribution is -2.30. The first-order valence-electron chi connectivity index (χ1n) is 11.6. The van der Waals surface area contributed by atoms with E-state index in [1.54, 1.807) is 0 Å². The summed E-state index contributed by atoms with van der Waals surface area (Å²) in [7, 11) is 0. The summed E-state index contributed by atoms with van der Waals surface area (Å²) >= 11 is 0. The summed E-state index contributed by atoms with van der Waals surface area (Å²) in [4.78, 5) is 0. The second kappa shape index (κ2) is 8.98. The van der Waals surface area contributed by atoms with Gasteiger partial charge in [-0.2, -0.15) is 0 Å². The molecular formula is C27H34F2. The Balaban J connectivity index is 1.55. The van der Waals surface area contributed by atoms with Gasteiger partial charge >= 0.3 is 0 Å². The first-order chi connectivity index (χ1) is 14.1. The van der Waals surface area contributed by atoms with Gasteiger partial charge in [-0.25, -0.2) is 8.78 Å². The number of allylic oxidation sites excluding steroid dienone is 2. The van der Waals surface area contributed by atoms with Crippen molar-refractivity contribution in [2.24, 2.45) is 17.8 Å². The van der Waals surface area contributed by atoms with Crippen molar-refractivity contribution in [3.05, 3.63) is 59.2 Å². The molecule has 4 atom stereocenters. The summed E-state index contributed by atoms with van der Waals surface area (Å²) in [6.07, 6.45) is 14.2. The average molecular weight is 397 g/mol. The lowest BCUT2D eigenvalue weighted by molar-refractivity contribution is 0.116. The first-order valence-corrected chi connectivity index (χ1v) is 11.6. The van der Waals surface area contributed by atoms with Crippen molar-refractivity contribution in [3.8, 4) is 0 Å². The number of rotatable bonds is 5. The second-order valence-corrected chi connectivity index (χ2v) is 9.36. The van der Waals surface area contributed by atoms with Crippen molar-refractivity contribution in [2.75, 3.05) is 0 Å². The molecule has 0 aromatic heterocycles. The van der Waals surface area contributed by atoms with Crippen LogP contribution in [0.3, 0.4) is 0 Å². The highest BCUT2D eigenvalue weighted by atomic mass is 19.1. The number of benzene rings is 2. The number of aryl methyl sites for hydroxylation is 1. The topological polar surface area (TPSA) is 0 Å². The van der Waals surface area contributed by atoms with Gasteiger partial charge in [0.1, 0.15) is 11.6 Å². The zero-order valence-electron chi connectivity index (χ0n) is 17.9. The van der Waals surface area contributed by atoms with E-state index in [1.165, 1.54) is 38.2 Å². The quantitative estimate of drug-likeness (QED) is 0.446. The van der Waals surface area contributed by atoms with Crippen LogP contribution in [0.5, 0.6) is 0 Å². The number of fused-ring (bicyclic) bond motifs is 2. The van der Waals surface area contributed by atoms with E-state index >= 15 is 4.39 Å². The molecule has 0 spiro atoms. The number of halogens is 2. The minimum atomic E-state index is -0.278. The molecule has 0 amide bonds. The summed E-state index contributed by atoms with van der Waals surface area (Å²) in [6, 6.07) is 7.25. The fourth-order valence-corrected chi connectivity index (χ4v) is 5.93. The predicted molar refractivity (Wildman–Crippen MR) is 118 cm³/mol. The van der Waals surface area contributed by atoms with Crippen molar-refractivity contribution >= 4 is 10.8 Å². The third-order valence-electron chi connectivity index (χ3n) is 7.71. The average Bonchev–Trinajstić information content (AvgIpc) is 2.74. The summed E-state index contributed by atoms with van der Waals surface area (Å²) < 4.78 is 30.0. The smallest absolute Gasteiger partial charge is 0.134 e. The molecule has 2 heteroatoms. The van der Waals surface area contributed by atoms with E-state index < -0.39 is 0 Å². The molecule has 2 aliphatic carbocycles. The molecule has 0 nitrogen and oxygen atoms in total. The van der Waals surface area contributed by atoms with E-state index in [2.05, 4.69) is 6.92 Å². The fourth-order valence-electron chi connectivity index (χ4n) is 5.93. The van der Waals surface area contributed by atoms with Crippen molar-refractivity contribution in [3.63, 3.8) is 0 Å². The van der Waals surface area contributed by atoms with Crippen LogP contribution in [0, 0.1) is 29.4 Å². The molecule has 0 bridgehead atoms. The molecule has 0 radical (unpaired) electrons. The molecule has 0 saturated heterocycles. The Morgan fingerprint density at radius 1 is 1.00 bits per heavy atom. The molecule has 4 unspecified atom stereocenters. The molecule has 0 heterocycles. The lowest BCUT2D eigenvalue weighted by Gasteiger charge is -2.42. The highest BCUT2D eigenvalue weighted by Crippen LogP contribution is 2.48. The van der Waals surface area contributed by atoms with Gasteiger partial charge in [-0.15, -0.1) is 0 Å². The lowest BCUT2D eigenvalue weighted by atomic mass is 9.63. The van der Waals surface area contributed by atoms with Crippen LogP contribution in [-0.4, -0.2) is 0 Å². The van der Waals surface area contributed by atoms with Crippen molar-refractivity contribution in [1.82, 2.24) is 0 Å². The minimum absolute atomic E-state index is 0.188. The van der Waals surface area contributed by atoms with Crippen LogP contribution in [-0.2, 0) is 6.42 Å². The Bertz CT molecular complexity index is 882. The van der Waals surface area contributed by atoms with Crippen molar-refractivity contribution < 1.29 is 8.78 Å². The molecule has 0 aliphatic heterocycles. The summed E-state index contributed by atoms with van der Waals surface area (Å²) in [5.41, 5.74) is 1.49. The maximum Gasteiger partial charge on any atom is 0.134 e. The molecule has 29 heavy (non-hydrogen) atoms. The minimum Gasteiger partial charge on any atom is -0.207 e. The Hall–Kier alpha value is -1.70. The molecule has 2 saturated carbocycles. The molecule has 2 aliphatic rings.